The average molecular weight is 310 g/mol. The van der Waals surface area contributed by atoms with Gasteiger partial charge in [0.05, 0.1) is 6.42 Å². The van der Waals surface area contributed by atoms with E-state index in [0.29, 0.717) is 6.42 Å². The van der Waals surface area contributed by atoms with E-state index in [2.05, 4.69) is 25.2 Å². The third kappa shape index (κ3) is 7.02. The van der Waals surface area contributed by atoms with Crippen LogP contribution in [0.5, 0.6) is 0 Å². The molecule has 1 aliphatic rings. The van der Waals surface area contributed by atoms with E-state index in [1.165, 1.54) is 0 Å². The van der Waals surface area contributed by atoms with Crippen LogP contribution in [-0.2, 0) is 19.3 Å². The Labute approximate surface area is 132 Å². The molecular formula is C17H26O5. The highest BCUT2D eigenvalue weighted by Gasteiger charge is 2.34. The smallest absolute Gasteiger partial charge is 0.306 e. The second-order valence-corrected chi connectivity index (χ2v) is 5.23. The van der Waals surface area contributed by atoms with Gasteiger partial charge in [-0.1, -0.05) is 43.7 Å². The third-order valence-electron chi connectivity index (χ3n) is 3.33. The van der Waals surface area contributed by atoms with Gasteiger partial charge in [-0.15, -0.1) is 0 Å². The Morgan fingerprint density at radius 2 is 2.09 bits per heavy atom. The van der Waals surface area contributed by atoms with Crippen molar-refractivity contribution in [2.75, 3.05) is 7.11 Å². The molecule has 0 fully saturated rings. The lowest BCUT2D eigenvalue weighted by molar-refractivity contribution is -0.428. The zero-order valence-corrected chi connectivity index (χ0v) is 13.4. The molecule has 22 heavy (non-hydrogen) atoms. The Bertz CT molecular complexity index is 413. The minimum absolute atomic E-state index is 0.122. The maximum Gasteiger partial charge on any atom is 0.306 e. The molecule has 0 aromatic carbocycles. The number of rotatable bonds is 10. The predicted octanol–water partition coefficient (Wildman–Crippen LogP) is 3.77. The van der Waals surface area contributed by atoms with Crippen molar-refractivity contribution in [3.05, 3.63) is 36.5 Å². The van der Waals surface area contributed by atoms with Crippen molar-refractivity contribution < 1.29 is 24.4 Å². The number of carbonyl (C=O) groups is 1. The number of hydrogen-bond acceptors (Lipinski definition) is 4. The largest absolute Gasteiger partial charge is 0.481 e. The minimum atomic E-state index is -0.926. The van der Waals surface area contributed by atoms with Crippen LogP contribution >= 0.6 is 0 Å². The number of methoxy groups -OCH3 is 1. The first-order valence-electron chi connectivity index (χ1n) is 7.74. The number of carboxylic acids is 1. The summed E-state index contributed by atoms with van der Waals surface area (Å²) in [5.41, 5.74) is 0. The maximum atomic E-state index is 10.6. The highest BCUT2D eigenvalue weighted by atomic mass is 17.2. The van der Waals surface area contributed by atoms with Gasteiger partial charge in [-0.2, -0.15) is 4.89 Å². The average Bonchev–Trinajstić information content (AvgIpc) is 2.51. The lowest BCUT2D eigenvalue weighted by Gasteiger charge is -2.32. The fourth-order valence-corrected chi connectivity index (χ4v) is 2.04. The first-order valence-corrected chi connectivity index (χ1v) is 7.74. The van der Waals surface area contributed by atoms with Crippen LogP contribution in [0.15, 0.2) is 36.5 Å². The summed E-state index contributed by atoms with van der Waals surface area (Å²) in [6, 6.07) is 0. The molecule has 0 radical (unpaired) electrons. The van der Waals surface area contributed by atoms with Gasteiger partial charge in [0.2, 0.25) is 5.79 Å². The van der Waals surface area contributed by atoms with E-state index >= 15 is 0 Å². The summed E-state index contributed by atoms with van der Waals surface area (Å²) in [5, 5.41) is 8.72. The lowest BCUT2D eigenvalue weighted by Crippen LogP contribution is -2.38. The summed E-state index contributed by atoms with van der Waals surface area (Å²) >= 11 is 0. The van der Waals surface area contributed by atoms with Crippen molar-refractivity contribution in [2.45, 2.75) is 57.3 Å². The Morgan fingerprint density at radius 1 is 1.36 bits per heavy atom. The Morgan fingerprint density at radius 3 is 2.64 bits per heavy atom. The van der Waals surface area contributed by atoms with Gasteiger partial charge in [0.1, 0.15) is 6.10 Å². The van der Waals surface area contributed by atoms with Gasteiger partial charge < -0.3 is 9.84 Å². The molecule has 5 heteroatoms. The summed E-state index contributed by atoms with van der Waals surface area (Å²) in [7, 11) is 1.55. The summed E-state index contributed by atoms with van der Waals surface area (Å²) in [4.78, 5) is 21.0. The third-order valence-corrected chi connectivity index (χ3v) is 3.33. The molecule has 1 N–H and O–H groups in total. The van der Waals surface area contributed by atoms with Crippen molar-refractivity contribution >= 4 is 5.97 Å². The molecule has 2 atom stereocenters. The normalized spacial score (nSPS) is 25.3. The van der Waals surface area contributed by atoms with Crippen LogP contribution in [0, 0.1) is 0 Å². The fraction of sp³-hybridized carbons (Fsp3) is 0.588. The molecule has 1 aliphatic heterocycles. The van der Waals surface area contributed by atoms with Crippen LogP contribution in [0.25, 0.3) is 0 Å². The number of allylic oxidation sites excluding steroid dienone is 4. The van der Waals surface area contributed by atoms with Crippen molar-refractivity contribution in [3.8, 4) is 0 Å². The van der Waals surface area contributed by atoms with Crippen molar-refractivity contribution in [2.24, 2.45) is 0 Å². The van der Waals surface area contributed by atoms with Crippen LogP contribution in [0.3, 0.4) is 0 Å². The molecule has 0 saturated heterocycles. The van der Waals surface area contributed by atoms with Crippen molar-refractivity contribution in [3.63, 3.8) is 0 Å². The molecule has 124 valence electrons. The number of ether oxygens (including phenoxy) is 1. The lowest BCUT2D eigenvalue weighted by atomic mass is 10.1. The second-order valence-electron chi connectivity index (χ2n) is 5.23. The van der Waals surface area contributed by atoms with Crippen LogP contribution in [0.2, 0.25) is 0 Å². The highest BCUT2D eigenvalue weighted by Crippen LogP contribution is 2.28. The molecule has 0 spiro atoms. The molecule has 0 saturated carbocycles. The molecule has 0 bridgehead atoms. The second kappa shape index (κ2) is 10.3. The number of hydrogen-bond donors (Lipinski definition) is 1. The van der Waals surface area contributed by atoms with E-state index in [0.717, 1.165) is 25.7 Å². The fourth-order valence-electron chi connectivity index (χ4n) is 2.04. The Kier molecular flexibility index (Phi) is 8.74. The molecule has 0 aromatic rings. The first kappa shape index (κ1) is 18.6. The summed E-state index contributed by atoms with van der Waals surface area (Å²) < 4.78 is 5.37. The first-order chi connectivity index (χ1) is 10.6. The maximum absolute atomic E-state index is 10.6. The van der Waals surface area contributed by atoms with Gasteiger partial charge in [0.15, 0.2) is 0 Å². The molecule has 2 unspecified atom stereocenters. The van der Waals surface area contributed by atoms with Gasteiger partial charge in [-0.3, -0.25) is 4.79 Å². The predicted molar refractivity (Wildman–Crippen MR) is 84.1 cm³/mol. The molecule has 1 rings (SSSR count). The Balaban J connectivity index is 2.34. The van der Waals surface area contributed by atoms with E-state index in [1.807, 2.05) is 6.08 Å². The van der Waals surface area contributed by atoms with E-state index in [1.54, 1.807) is 19.3 Å². The minimum Gasteiger partial charge on any atom is -0.481 e. The van der Waals surface area contributed by atoms with Gasteiger partial charge in [-0.05, 0) is 25.3 Å². The van der Waals surface area contributed by atoms with E-state index in [-0.39, 0.29) is 6.42 Å². The van der Waals surface area contributed by atoms with E-state index in [4.69, 9.17) is 19.6 Å². The molecule has 0 aromatic heterocycles. The standard InChI is InChI=1S/C17H26O5/c1-3-4-5-6-7-8-9-10-12-17(20-2)13-11-15(21-22-17)14-16(18)19/h5-8,11,13,15H,3-4,9-10,12,14H2,1-2H3,(H,18,19). The van der Waals surface area contributed by atoms with Gasteiger partial charge in [0, 0.05) is 13.5 Å². The van der Waals surface area contributed by atoms with Gasteiger partial charge >= 0.3 is 5.97 Å². The van der Waals surface area contributed by atoms with Crippen molar-refractivity contribution in [1.29, 1.82) is 0 Å². The zero-order chi connectivity index (χ0) is 16.3. The molecule has 0 aliphatic carbocycles. The number of unbranched alkanes of at least 4 members (excludes halogenated alkanes) is 2. The SMILES string of the molecule is CCCC=CC=CCCCC1(OC)C=CC(CC(=O)O)OO1. The van der Waals surface area contributed by atoms with Gasteiger partial charge in [-0.25, -0.2) is 4.89 Å². The van der Waals surface area contributed by atoms with E-state index < -0.39 is 17.9 Å². The van der Waals surface area contributed by atoms with Crippen molar-refractivity contribution in [1.82, 2.24) is 0 Å². The van der Waals surface area contributed by atoms with Crippen LogP contribution in [-0.4, -0.2) is 30.1 Å². The topological polar surface area (TPSA) is 65.0 Å². The van der Waals surface area contributed by atoms with Gasteiger partial charge in [0.25, 0.3) is 0 Å². The highest BCUT2D eigenvalue weighted by molar-refractivity contribution is 5.67. The van der Waals surface area contributed by atoms with Crippen LogP contribution in [0.4, 0.5) is 0 Å². The number of aliphatic carboxylic acids is 1. The molecule has 5 nitrogen and oxygen atoms in total. The summed E-state index contributed by atoms with van der Waals surface area (Å²) in [6.07, 6.45) is 15.8. The van der Waals surface area contributed by atoms with Crippen LogP contribution < -0.4 is 0 Å². The molecular weight excluding hydrogens is 284 g/mol. The molecule has 1 heterocycles. The quantitative estimate of drug-likeness (QED) is 0.288. The monoisotopic (exact) mass is 310 g/mol. The molecule has 0 amide bonds. The summed E-state index contributed by atoms with van der Waals surface area (Å²) in [6.45, 7) is 2.15. The van der Waals surface area contributed by atoms with E-state index in [9.17, 15) is 4.79 Å². The van der Waals surface area contributed by atoms with Crippen LogP contribution in [0.1, 0.15) is 45.4 Å². The Hall–Kier alpha value is -1.43. The summed E-state index contributed by atoms with van der Waals surface area (Å²) in [5.74, 6) is -1.84. The number of carboxylic acid groups (broad SMARTS) is 1. The zero-order valence-electron chi connectivity index (χ0n) is 13.4.